The zero-order chi connectivity index (χ0) is 20.3. The number of rotatable bonds is 5. The zero-order valence-electron chi connectivity index (χ0n) is 17.4. The predicted molar refractivity (Wildman–Crippen MR) is 121 cm³/mol. The number of pyridine rings is 1. The standard InChI is InChI=1S/C25H28N2O2.ClH/c1-19(28)7-8-21-16-22(15-20-5-3-2-4-6-20)24(26-17-21)9-12-25(29)18-27-13-10-23(25)11-14-27;/h2-6,16-17,23,29H,7-8,10-11,13-15,18H2,1H3;1H. The molecule has 1 aromatic carbocycles. The van der Waals surface area contributed by atoms with E-state index in [0.717, 1.165) is 49.2 Å². The fourth-order valence-corrected chi connectivity index (χ4v) is 4.43. The minimum absolute atomic E-state index is 0. The van der Waals surface area contributed by atoms with Crippen LogP contribution in [0.4, 0.5) is 0 Å². The molecule has 3 aliphatic heterocycles. The number of aryl methyl sites for hydroxylation is 1. The van der Waals surface area contributed by atoms with Crippen molar-refractivity contribution in [3.05, 3.63) is 65.0 Å². The minimum atomic E-state index is -0.935. The molecule has 0 amide bonds. The van der Waals surface area contributed by atoms with Crippen LogP contribution < -0.4 is 0 Å². The minimum Gasteiger partial charge on any atom is -0.376 e. The van der Waals surface area contributed by atoms with Crippen molar-refractivity contribution >= 4 is 18.2 Å². The molecule has 5 rings (SSSR count). The highest BCUT2D eigenvalue weighted by molar-refractivity contribution is 5.85. The van der Waals surface area contributed by atoms with Crippen molar-refractivity contribution in [1.29, 1.82) is 0 Å². The molecular formula is C25H29ClN2O2. The van der Waals surface area contributed by atoms with Crippen LogP contribution in [-0.4, -0.2) is 46.0 Å². The molecule has 30 heavy (non-hydrogen) atoms. The lowest BCUT2D eigenvalue weighted by molar-refractivity contribution is -0.116. The zero-order valence-corrected chi connectivity index (χ0v) is 18.3. The third kappa shape index (κ3) is 5.29. The number of hydrogen-bond acceptors (Lipinski definition) is 4. The molecule has 2 bridgehead atoms. The summed E-state index contributed by atoms with van der Waals surface area (Å²) >= 11 is 0. The van der Waals surface area contributed by atoms with Gasteiger partial charge in [0.1, 0.15) is 17.1 Å². The van der Waals surface area contributed by atoms with E-state index < -0.39 is 5.60 Å². The number of carbonyl (C=O) groups is 1. The summed E-state index contributed by atoms with van der Waals surface area (Å²) in [5, 5.41) is 11.1. The largest absolute Gasteiger partial charge is 0.376 e. The molecule has 1 aromatic heterocycles. The summed E-state index contributed by atoms with van der Waals surface area (Å²) in [7, 11) is 0. The molecule has 1 atom stereocenters. The number of nitrogens with zero attached hydrogens (tertiary/aromatic N) is 2. The van der Waals surface area contributed by atoms with E-state index in [1.165, 1.54) is 5.56 Å². The van der Waals surface area contributed by atoms with Gasteiger partial charge in [0, 0.05) is 31.5 Å². The lowest BCUT2D eigenvalue weighted by Gasteiger charge is -2.47. The third-order valence-corrected chi connectivity index (χ3v) is 6.15. The van der Waals surface area contributed by atoms with Gasteiger partial charge in [0.25, 0.3) is 0 Å². The van der Waals surface area contributed by atoms with Crippen molar-refractivity contribution in [3.8, 4) is 11.8 Å². The van der Waals surface area contributed by atoms with Crippen LogP contribution in [0.15, 0.2) is 42.6 Å². The van der Waals surface area contributed by atoms with Crippen LogP contribution in [0, 0.1) is 17.8 Å². The van der Waals surface area contributed by atoms with Crippen molar-refractivity contribution in [2.24, 2.45) is 5.92 Å². The third-order valence-electron chi connectivity index (χ3n) is 6.15. The smallest absolute Gasteiger partial charge is 0.141 e. The van der Waals surface area contributed by atoms with Crippen molar-refractivity contribution in [2.75, 3.05) is 19.6 Å². The predicted octanol–water partition coefficient (Wildman–Crippen LogP) is 3.42. The van der Waals surface area contributed by atoms with Gasteiger partial charge in [0.05, 0.1) is 0 Å². The SMILES string of the molecule is CC(=O)CCc1cnc(C#CC2(O)CN3CCC2CC3)c(Cc2ccccc2)c1.Cl. The Labute approximate surface area is 185 Å². The lowest BCUT2D eigenvalue weighted by atomic mass is 9.76. The summed E-state index contributed by atoms with van der Waals surface area (Å²) < 4.78 is 0. The Kier molecular flexibility index (Phi) is 7.31. The Morgan fingerprint density at radius 2 is 1.97 bits per heavy atom. The average Bonchev–Trinajstić information content (AvgIpc) is 2.73. The van der Waals surface area contributed by atoms with Crippen LogP contribution in [0.3, 0.4) is 0 Å². The van der Waals surface area contributed by atoms with Crippen LogP contribution >= 0.6 is 12.4 Å². The Morgan fingerprint density at radius 1 is 1.23 bits per heavy atom. The van der Waals surface area contributed by atoms with Crippen molar-refractivity contribution in [2.45, 2.75) is 44.6 Å². The summed E-state index contributed by atoms with van der Waals surface area (Å²) in [6.07, 6.45) is 5.80. The van der Waals surface area contributed by atoms with Gasteiger partial charge in [-0.15, -0.1) is 12.4 Å². The molecule has 2 aromatic rings. The molecular weight excluding hydrogens is 396 g/mol. The number of fused-ring (bicyclic) bond motifs is 3. The highest BCUT2D eigenvalue weighted by Gasteiger charge is 2.44. The van der Waals surface area contributed by atoms with E-state index in [1.54, 1.807) is 6.92 Å². The molecule has 1 N–H and O–H groups in total. The average molecular weight is 425 g/mol. The number of piperidine rings is 3. The fourth-order valence-electron chi connectivity index (χ4n) is 4.43. The quantitative estimate of drug-likeness (QED) is 0.747. The van der Waals surface area contributed by atoms with Crippen LogP contribution in [0.5, 0.6) is 0 Å². The first-order valence-electron chi connectivity index (χ1n) is 10.5. The number of carbonyl (C=O) groups excluding carboxylic acids is 1. The normalized spacial score (nSPS) is 24.5. The number of aromatic nitrogens is 1. The van der Waals surface area contributed by atoms with Crippen molar-refractivity contribution in [1.82, 2.24) is 9.88 Å². The van der Waals surface area contributed by atoms with E-state index in [0.29, 0.717) is 19.4 Å². The highest BCUT2D eigenvalue weighted by atomic mass is 35.5. The summed E-state index contributed by atoms with van der Waals surface area (Å²) in [4.78, 5) is 18.3. The number of aliphatic hydroxyl groups is 1. The van der Waals surface area contributed by atoms with Gasteiger partial charge >= 0.3 is 0 Å². The Morgan fingerprint density at radius 3 is 2.60 bits per heavy atom. The highest BCUT2D eigenvalue weighted by Crippen LogP contribution is 2.35. The van der Waals surface area contributed by atoms with Gasteiger partial charge in [-0.2, -0.15) is 0 Å². The molecule has 3 saturated heterocycles. The molecule has 0 aliphatic carbocycles. The van der Waals surface area contributed by atoms with Gasteiger partial charge in [0.2, 0.25) is 0 Å². The van der Waals surface area contributed by atoms with Crippen LogP contribution in [0.1, 0.15) is 48.6 Å². The maximum atomic E-state index is 11.4. The first-order valence-corrected chi connectivity index (χ1v) is 10.5. The summed E-state index contributed by atoms with van der Waals surface area (Å²) in [5.74, 6) is 6.85. The van der Waals surface area contributed by atoms with E-state index in [2.05, 4.69) is 39.9 Å². The van der Waals surface area contributed by atoms with Crippen LogP contribution in [-0.2, 0) is 17.6 Å². The maximum Gasteiger partial charge on any atom is 0.141 e. The van der Waals surface area contributed by atoms with E-state index in [1.807, 2.05) is 24.4 Å². The van der Waals surface area contributed by atoms with Crippen LogP contribution in [0.25, 0.3) is 0 Å². The first kappa shape index (κ1) is 22.5. The Bertz CT molecular complexity index is 943. The van der Waals surface area contributed by atoms with Gasteiger partial charge < -0.3 is 9.90 Å². The molecule has 4 heterocycles. The lowest BCUT2D eigenvalue weighted by Crippen LogP contribution is -2.58. The molecule has 0 radical (unpaired) electrons. The second kappa shape index (κ2) is 9.75. The number of hydrogen-bond donors (Lipinski definition) is 1. The number of halogens is 1. The van der Waals surface area contributed by atoms with Gasteiger partial charge in [-0.1, -0.05) is 42.3 Å². The topological polar surface area (TPSA) is 53.4 Å². The Balaban J connectivity index is 0.00000256. The van der Waals surface area contributed by atoms with Gasteiger partial charge in [-0.05, 0) is 61.9 Å². The molecule has 3 aliphatic rings. The molecule has 5 heteroatoms. The summed E-state index contributed by atoms with van der Waals surface area (Å²) in [6, 6.07) is 12.4. The van der Waals surface area contributed by atoms with E-state index in [-0.39, 0.29) is 24.1 Å². The number of benzene rings is 1. The van der Waals surface area contributed by atoms with Crippen LogP contribution in [0.2, 0.25) is 0 Å². The molecule has 0 saturated carbocycles. The van der Waals surface area contributed by atoms with Crippen molar-refractivity contribution in [3.63, 3.8) is 0 Å². The molecule has 1 unspecified atom stereocenters. The fraction of sp³-hybridized carbons (Fsp3) is 0.440. The molecule has 0 spiro atoms. The second-order valence-corrected chi connectivity index (χ2v) is 8.44. The molecule has 158 valence electrons. The summed E-state index contributed by atoms with van der Waals surface area (Å²) in [5.41, 5.74) is 3.09. The van der Waals surface area contributed by atoms with Gasteiger partial charge in [-0.25, -0.2) is 4.98 Å². The molecule has 3 fully saturated rings. The van der Waals surface area contributed by atoms with Gasteiger partial charge in [-0.3, -0.25) is 4.90 Å². The van der Waals surface area contributed by atoms with Gasteiger partial charge in [0.15, 0.2) is 0 Å². The maximum absolute atomic E-state index is 11.4. The number of Topliss-reactive ketones (excluding diaryl/α,β-unsaturated/α-hetero) is 1. The Hall–Kier alpha value is -2.19. The number of ketones is 1. The summed E-state index contributed by atoms with van der Waals surface area (Å²) in [6.45, 7) is 4.39. The van der Waals surface area contributed by atoms with E-state index >= 15 is 0 Å². The van der Waals surface area contributed by atoms with E-state index in [4.69, 9.17) is 0 Å². The monoisotopic (exact) mass is 424 g/mol. The first-order chi connectivity index (χ1) is 14.0. The van der Waals surface area contributed by atoms with Crippen molar-refractivity contribution < 1.29 is 9.90 Å². The molecule has 4 nitrogen and oxygen atoms in total. The second-order valence-electron chi connectivity index (χ2n) is 8.44. The van der Waals surface area contributed by atoms with E-state index in [9.17, 15) is 9.90 Å².